The van der Waals surface area contributed by atoms with Crippen molar-refractivity contribution in [1.29, 1.82) is 0 Å². The Hall–Kier alpha value is -6.96. The smallest absolute Gasteiger partial charge is 0.135 e. The lowest BCUT2D eigenvalue weighted by atomic mass is 9.76. The summed E-state index contributed by atoms with van der Waals surface area (Å²) in [7, 11) is 0. The Bertz CT molecular complexity index is 3250. The van der Waals surface area contributed by atoms with Gasteiger partial charge in [0.2, 0.25) is 0 Å². The molecule has 64 heavy (non-hydrogen) atoms. The maximum absolute atomic E-state index is 6.34. The van der Waals surface area contributed by atoms with Gasteiger partial charge in [-0.05, 0) is 133 Å². The van der Waals surface area contributed by atoms with Crippen molar-refractivity contribution in [2.24, 2.45) is 0 Å². The van der Waals surface area contributed by atoms with E-state index in [1.807, 2.05) is 6.07 Å². The lowest BCUT2D eigenvalue weighted by molar-refractivity contribution is 0.570. The lowest BCUT2D eigenvalue weighted by Gasteiger charge is -2.28. The van der Waals surface area contributed by atoms with E-state index >= 15 is 0 Å². The van der Waals surface area contributed by atoms with Crippen molar-refractivity contribution >= 4 is 32.7 Å². The van der Waals surface area contributed by atoms with Crippen molar-refractivity contribution in [3.8, 4) is 22.3 Å². The van der Waals surface area contributed by atoms with E-state index in [9.17, 15) is 0 Å². The molecule has 0 bridgehead atoms. The summed E-state index contributed by atoms with van der Waals surface area (Å²) in [6, 6.07) is 76.6. The molecule has 1 aromatic heterocycles. The zero-order chi connectivity index (χ0) is 43.2. The summed E-state index contributed by atoms with van der Waals surface area (Å²) in [4.78, 5) is 0. The Morgan fingerprint density at radius 2 is 1.06 bits per heavy atom. The highest BCUT2D eigenvalue weighted by Crippen LogP contribution is 2.53. The Labute approximate surface area is 378 Å². The molecule has 11 rings (SSSR count). The number of aryl methyl sites for hydroxylation is 1. The van der Waals surface area contributed by atoms with Crippen LogP contribution in [0.5, 0.6) is 0 Å². The molecule has 0 fully saturated rings. The second kappa shape index (κ2) is 16.6. The molecule has 3 unspecified atom stereocenters. The first-order valence-electron chi connectivity index (χ1n) is 23.2. The molecule has 1 heteroatoms. The molecule has 3 atom stereocenters. The Kier molecular flexibility index (Phi) is 10.4. The van der Waals surface area contributed by atoms with E-state index in [2.05, 4.69) is 221 Å². The lowest BCUT2D eigenvalue weighted by Crippen LogP contribution is -2.17. The van der Waals surface area contributed by atoms with Crippen LogP contribution in [0.15, 0.2) is 211 Å². The van der Waals surface area contributed by atoms with E-state index < -0.39 is 0 Å². The third kappa shape index (κ3) is 7.33. The maximum atomic E-state index is 6.34. The standard InChI is InChI=1S/C63H54O/c1-42(57(48-21-11-6-12-22-48)38-43-27-30-47(31-28-43)45-17-7-4-8-18-45)49-34-36-56-58(40-49)63(2,3)59-41-51(52-23-13-14-25-55(52)62(56)59)33-32-50(46-19-9-5-10-20-46)37-44-29-35-54-53-24-15-16-26-60(53)64-61(54)39-44/h4-31,34-36,39-42,50,57H,32-33,37-38H2,1-3H3. The van der Waals surface area contributed by atoms with Gasteiger partial charge in [-0.2, -0.15) is 0 Å². The molecule has 0 amide bonds. The molecule has 0 N–H and O–H groups in total. The van der Waals surface area contributed by atoms with E-state index in [1.165, 1.54) is 88.3 Å². The largest absolute Gasteiger partial charge is 0.456 e. The van der Waals surface area contributed by atoms with Crippen LogP contribution >= 0.6 is 0 Å². The molecule has 0 saturated heterocycles. The zero-order valence-electron chi connectivity index (χ0n) is 37.1. The van der Waals surface area contributed by atoms with Crippen LogP contribution in [0.1, 0.15) is 89.5 Å². The van der Waals surface area contributed by atoms with Crippen molar-refractivity contribution in [3.05, 3.63) is 251 Å². The number of rotatable bonds is 12. The molecular formula is C63H54O. The van der Waals surface area contributed by atoms with Crippen LogP contribution < -0.4 is 0 Å². The molecule has 1 nitrogen and oxygen atoms in total. The molecule has 10 aromatic rings. The molecule has 0 radical (unpaired) electrons. The monoisotopic (exact) mass is 826 g/mol. The minimum atomic E-state index is -0.143. The highest BCUT2D eigenvalue weighted by atomic mass is 16.3. The van der Waals surface area contributed by atoms with Crippen LogP contribution in [0.4, 0.5) is 0 Å². The predicted molar refractivity (Wildman–Crippen MR) is 270 cm³/mol. The average Bonchev–Trinajstić information content (AvgIpc) is 3.83. The molecule has 1 aliphatic carbocycles. The summed E-state index contributed by atoms with van der Waals surface area (Å²) in [5.41, 5.74) is 18.3. The SMILES string of the molecule is CC(c1ccc2c(c1)C(C)(C)c1cc(CCC(Cc3ccc4c(c3)oc3ccccc34)c3ccccc3)c3ccccc3c1-2)C(Cc1ccc(-c2ccccc2)cc1)c1ccccc1. The van der Waals surface area contributed by atoms with Crippen LogP contribution in [-0.4, -0.2) is 0 Å². The maximum Gasteiger partial charge on any atom is 0.135 e. The van der Waals surface area contributed by atoms with Gasteiger partial charge in [0.05, 0.1) is 0 Å². The second-order valence-corrected chi connectivity index (χ2v) is 18.8. The van der Waals surface area contributed by atoms with Gasteiger partial charge in [0.1, 0.15) is 11.2 Å². The molecule has 0 saturated carbocycles. The van der Waals surface area contributed by atoms with Gasteiger partial charge in [0, 0.05) is 16.2 Å². The first kappa shape index (κ1) is 39.9. The predicted octanol–water partition coefficient (Wildman–Crippen LogP) is 16.8. The van der Waals surface area contributed by atoms with Gasteiger partial charge in [-0.25, -0.2) is 0 Å². The number of hydrogen-bond acceptors (Lipinski definition) is 1. The third-order valence-electron chi connectivity index (χ3n) is 14.6. The highest BCUT2D eigenvalue weighted by Gasteiger charge is 2.38. The van der Waals surface area contributed by atoms with E-state index in [1.54, 1.807) is 0 Å². The summed E-state index contributed by atoms with van der Waals surface area (Å²) in [6.07, 6.45) is 3.99. The van der Waals surface area contributed by atoms with Crippen LogP contribution in [0.3, 0.4) is 0 Å². The van der Waals surface area contributed by atoms with E-state index in [-0.39, 0.29) is 5.41 Å². The third-order valence-corrected chi connectivity index (χ3v) is 14.6. The molecule has 1 aliphatic rings. The van der Waals surface area contributed by atoms with Crippen LogP contribution in [0.25, 0.3) is 55.0 Å². The van der Waals surface area contributed by atoms with Gasteiger partial charge >= 0.3 is 0 Å². The fourth-order valence-corrected chi connectivity index (χ4v) is 11.0. The van der Waals surface area contributed by atoms with Crippen molar-refractivity contribution in [2.45, 2.75) is 69.6 Å². The summed E-state index contributed by atoms with van der Waals surface area (Å²) in [5.74, 6) is 1.01. The van der Waals surface area contributed by atoms with Gasteiger partial charge < -0.3 is 4.42 Å². The normalized spacial score (nSPS) is 14.4. The van der Waals surface area contributed by atoms with Crippen molar-refractivity contribution < 1.29 is 4.42 Å². The first-order valence-corrected chi connectivity index (χ1v) is 23.2. The Balaban J connectivity index is 0.902. The van der Waals surface area contributed by atoms with E-state index in [0.717, 1.165) is 36.8 Å². The van der Waals surface area contributed by atoms with E-state index in [4.69, 9.17) is 4.42 Å². The summed E-state index contributed by atoms with van der Waals surface area (Å²) >= 11 is 0. The van der Waals surface area contributed by atoms with Gasteiger partial charge in [0.15, 0.2) is 0 Å². The number of fused-ring (bicyclic) bond motifs is 8. The summed E-state index contributed by atoms with van der Waals surface area (Å²) in [5, 5.41) is 5.11. The highest BCUT2D eigenvalue weighted by molar-refractivity contribution is 6.05. The van der Waals surface area contributed by atoms with Crippen LogP contribution in [0.2, 0.25) is 0 Å². The molecule has 312 valence electrons. The number of para-hydroxylation sites is 1. The fraction of sp³-hybridized carbons (Fsp3) is 0.175. The number of furan rings is 1. The van der Waals surface area contributed by atoms with Crippen LogP contribution in [0, 0.1) is 0 Å². The minimum absolute atomic E-state index is 0.143. The Morgan fingerprint density at radius 1 is 0.453 bits per heavy atom. The first-order chi connectivity index (χ1) is 31.4. The van der Waals surface area contributed by atoms with Crippen molar-refractivity contribution in [2.75, 3.05) is 0 Å². The van der Waals surface area contributed by atoms with Crippen molar-refractivity contribution in [1.82, 2.24) is 0 Å². The molecule has 1 heterocycles. The fourth-order valence-electron chi connectivity index (χ4n) is 11.0. The van der Waals surface area contributed by atoms with Gasteiger partial charge in [-0.15, -0.1) is 0 Å². The summed E-state index contributed by atoms with van der Waals surface area (Å²) < 4.78 is 6.34. The average molecular weight is 827 g/mol. The topological polar surface area (TPSA) is 13.1 Å². The van der Waals surface area contributed by atoms with Crippen molar-refractivity contribution in [3.63, 3.8) is 0 Å². The molecule has 0 aliphatic heterocycles. The van der Waals surface area contributed by atoms with Gasteiger partial charge in [-0.1, -0.05) is 215 Å². The van der Waals surface area contributed by atoms with Crippen LogP contribution in [-0.2, 0) is 24.7 Å². The number of benzene rings is 9. The Morgan fingerprint density at radius 3 is 1.81 bits per heavy atom. The van der Waals surface area contributed by atoms with Gasteiger partial charge in [0.25, 0.3) is 0 Å². The van der Waals surface area contributed by atoms with Gasteiger partial charge in [-0.3, -0.25) is 0 Å². The molecule has 0 spiro atoms. The quantitative estimate of drug-likeness (QED) is 0.120. The minimum Gasteiger partial charge on any atom is -0.456 e. The molecular weight excluding hydrogens is 773 g/mol. The molecule has 9 aromatic carbocycles. The summed E-state index contributed by atoms with van der Waals surface area (Å²) in [6.45, 7) is 7.35. The number of hydrogen-bond donors (Lipinski definition) is 0. The zero-order valence-corrected chi connectivity index (χ0v) is 37.1. The van der Waals surface area contributed by atoms with E-state index in [0.29, 0.717) is 17.8 Å². The second-order valence-electron chi connectivity index (χ2n) is 18.8.